The Balaban J connectivity index is 2.34. The number of ether oxygens (including phenoxy) is 1. The minimum absolute atomic E-state index is 0.161. The van der Waals surface area contributed by atoms with Gasteiger partial charge in [0.15, 0.2) is 5.75 Å². The van der Waals surface area contributed by atoms with Crippen molar-refractivity contribution in [3.63, 3.8) is 0 Å². The molecule has 1 heterocycles. The number of unbranched alkanes of at least 4 members (excludes halogenated alkanes) is 1. The van der Waals surface area contributed by atoms with E-state index < -0.39 is 5.97 Å². The highest BCUT2D eigenvalue weighted by molar-refractivity contribution is 6.28. The van der Waals surface area contributed by atoms with Crippen LogP contribution in [-0.4, -0.2) is 27.7 Å². The second kappa shape index (κ2) is 7.87. The van der Waals surface area contributed by atoms with Crippen LogP contribution in [0.1, 0.15) is 32.6 Å². The molecule has 0 aliphatic rings. The first-order chi connectivity index (χ1) is 8.63. The second-order valence-corrected chi connectivity index (χ2v) is 4.34. The van der Waals surface area contributed by atoms with Gasteiger partial charge >= 0.3 is 5.97 Å². The van der Waals surface area contributed by atoms with E-state index in [4.69, 9.17) is 21.4 Å². The van der Waals surface area contributed by atoms with Crippen molar-refractivity contribution in [2.45, 2.75) is 32.6 Å². The molecule has 1 N–H and O–H groups in total. The molecule has 5 nitrogen and oxygen atoms in total. The molecule has 0 aliphatic carbocycles. The van der Waals surface area contributed by atoms with Crippen LogP contribution in [-0.2, 0) is 4.79 Å². The Hall–Kier alpha value is -1.36. The zero-order valence-electron chi connectivity index (χ0n) is 10.3. The fourth-order valence-electron chi connectivity index (χ4n) is 1.54. The normalized spacial score (nSPS) is 12.1. The van der Waals surface area contributed by atoms with Gasteiger partial charge in [0, 0.05) is 0 Å². The Morgan fingerprint density at radius 1 is 1.44 bits per heavy atom. The molecule has 1 aromatic rings. The molecule has 1 atom stereocenters. The summed E-state index contributed by atoms with van der Waals surface area (Å²) in [5.74, 6) is -0.614. The molecule has 1 rings (SSSR count). The first-order valence-corrected chi connectivity index (χ1v) is 6.34. The van der Waals surface area contributed by atoms with Crippen LogP contribution < -0.4 is 4.74 Å². The molecule has 0 radical (unpaired) electrons. The monoisotopic (exact) mass is 272 g/mol. The number of rotatable bonds is 8. The number of carboxylic acid groups (broad SMARTS) is 1. The average molecular weight is 273 g/mol. The Morgan fingerprint density at radius 2 is 2.11 bits per heavy atom. The fraction of sp³-hybridized carbons (Fsp3) is 0.583. The van der Waals surface area contributed by atoms with Gasteiger partial charge in [-0.15, -0.1) is 0 Å². The molecule has 100 valence electrons. The molecule has 0 aliphatic heterocycles. The minimum atomic E-state index is -0.764. The fourth-order valence-corrected chi connectivity index (χ4v) is 1.63. The summed E-state index contributed by atoms with van der Waals surface area (Å²) in [5.41, 5.74) is 0. The van der Waals surface area contributed by atoms with Crippen molar-refractivity contribution in [1.82, 2.24) is 9.97 Å². The number of carbonyl (C=O) groups is 1. The molecule has 6 heteroatoms. The van der Waals surface area contributed by atoms with E-state index in [0.717, 1.165) is 12.8 Å². The summed E-state index contributed by atoms with van der Waals surface area (Å²) in [7, 11) is 0. The van der Waals surface area contributed by atoms with Crippen LogP contribution in [0.15, 0.2) is 12.4 Å². The van der Waals surface area contributed by atoms with Gasteiger partial charge in [0.05, 0.1) is 24.9 Å². The summed E-state index contributed by atoms with van der Waals surface area (Å²) in [4.78, 5) is 18.5. The van der Waals surface area contributed by atoms with Gasteiger partial charge in [0.1, 0.15) is 0 Å². The van der Waals surface area contributed by atoms with Gasteiger partial charge in [-0.2, -0.15) is 0 Å². The predicted molar refractivity (Wildman–Crippen MR) is 67.8 cm³/mol. The maximum Gasteiger partial charge on any atom is 0.306 e. The third kappa shape index (κ3) is 5.31. The second-order valence-electron chi connectivity index (χ2n) is 4.00. The van der Waals surface area contributed by atoms with E-state index >= 15 is 0 Å². The predicted octanol–water partition coefficient (Wildman–Crippen LogP) is 2.79. The molecule has 0 amide bonds. The quantitative estimate of drug-likeness (QED) is 0.737. The van der Waals surface area contributed by atoms with E-state index in [2.05, 4.69) is 9.97 Å². The smallest absolute Gasteiger partial charge is 0.306 e. The first-order valence-electron chi connectivity index (χ1n) is 5.96. The summed E-state index contributed by atoms with van der Waals surface area (Å²) >= 11 is 5.54. The van der Waals surface area contributed by atoms with E-state index in [1.165, 1.54) is 12.4 Å². The van der Waals surface area contributed by atoms with Crippen molar-refractivity contribution in [2.24, 2.45) is 5.92 Å². The van der Waals surface area contributed by atoms with E-state index in [-0.39, 0.29) is 11.2 Å². The van der Waals surface area contributed by atoms with Crippen molar-refractivity contribution in [2.75, 3.05) is 6.61 Å². The summed E-state index contributed by atoms with van der Waals surface area (Å²) in [6.07, 6.45) is 6.02. The van der Waals surface area contributed by atoms with Gasteiger partial charge in [0.2, 0.25) is 5.28 Å². The first kappa shape index (κ1) is 14.7. The summed E-state index contributed by atoms with van der Waals surface area (Å²) in [5, 5.41) is 9.20. The third-order valence-electron chi connectivity index (χ3n) is 2.59. The number of nitrogens with zero attached hydrogens (tertiary/aromatic N) is 2. The average Bonchev–Trinajstić information content (AvgIpc) is 2.35. The molecular formula is C12H17ClN2O3. The van der Waals surface area contributed by atoms with E-state index in [1.807, 2.05) is 6.92 Å². The number of hydrogen-bond acceptors (Lipinski definition) is 4. The van der Waals surface area contributed by atoms with Gasteiger partial charge in [0.25, 0.3) is 0 Å². The topological polar surface area (TPSA) is 72.3 Å². The van der Waals surface area contributed by atoms with Gasteiger partial charge in [-0.1, -0.05) is 19.8 Å². The highest BCUT2D eigenvalue weighted by atomic mass is 35.5. The lowest BCUT2D eigenvalue weighted by Gasteiger charge is -2.12. The molecule has 1 unspecified atom stereocenters. The lowest BCUT2D eigenvalue weighted by Crippen LogP contribution is -2.17. The molecule has 0 saturated carbocycles. The number of aliphatic carboxylic acids is 1. The molecule has 18 heavy (non-hydrogen) atoms. The molecule has 0 fully saturated rings. The van der Waals surface area contributed by atoms with Crippen LogP contribution in [0.3, 0.4) is 0 Å². The van der Waals surface area contributed by atoms with Crippen molar-refractivity contribution >= 4 is 17.6 Å². The zero-order valence-corrected chi connectivity index (χ0v) is 11.1. The molecule has 0 bridgehead atoms. The minimum Gasteiger partial charge on any atom is -0.490 e. The van der Waals surface area contributed by atoms with Crippen molar-refractivity contribution < 1.29 is 14.6 Å². The number of carboxylic acids is 1. The zero-order chi connectivity index (χ0) is 13.4. The highest BCUT2D eigenvalue weighted by Gasteiger charge is 2.16. The number of halogens is 1. The molecule has 0 aromatic carbocycles. The Labute approximate surface area is 111 Å². The van der Waals surface area contributed by atoms with E-state index in [9.17, 15) is 4.79 Å². The Kier molecular flexibility index (Phi) is 6.43. The standard InChI is InChI=1S/C12H17ClN2O3/c1-2-3-4-9(11(16)17)5-6-18-10-7-14-12(13)15-8-10/h7-9H,2-6H2,1H3,(H,16,17). The Morgan fingerprint density at radius 3 is 2.67 bits per heavy atom. The lowest BCUT2D eigenvalue weighted by atomic mass is 9.99. The maximum absolute atomic E-state index is 11.0. The maximum atomic E-state index is 11.0. The van der Waals surface area contributed by atoms with Crippen LogP contribution in [0.2, 0.25) is 5.28 Å². The van der Waals surface area contributed by atoms with Gasteiger partial charge in [-0.3, -0.25) is 4.79 Å². The van der Waals surface area contributed by atoms with Gasteiger partial charge < -0.3 is 9.84 Å². The van der Waals surface area contributed by atoms with Crippen molar-refractivity contribution in [3.8, 4) is 5.75 Å². The number of aromatic nitrogens is 2. The van der Waals surface area contributed by atoms with Gasteiger partial charge in [-0.05, 0) is 24.4 Å². The molecule has 0 saturated heterocycles. The van der Waals surface area contributed by atoms with Crippen molar-refractivity contribution in [3.05, 3.63) is 17.7 Å². The summed E-state index contributed by atoms with van der Waals surface area (Å²) < 4.78 is 5.37. The largest absolute Gasteiger partial charge is 0.490 e. The van der Waals surface area contributed by atoms with Crippen LogP contribution in [0, 0.1) is 5.92 Å². The summed E-state index contributed by atoms with van der Waals surface area (Å²) in [6.45, 7) is 2.38. The van der Waals surface area contributed by atoms with Crippen molar-refractivity contribution in [1.29, 1.82) is 0 Å². The number of hydrogen-bond donors (Lipinski definition) is 1. The SMILES string of the molecule is CCCCC(CCOc1cnc(Cl)nc1)C(=O)O. The van der Waals surface area contributed by atoms with Gasteiger partial charge in [-0.25, -0.2) is 9.97 Å². The third-order valence-corrected chi connectivity index (χ3v) is 2.78. The Bertz CT molecular complexity index is 370. The molecular weight excluding hydrogens is 256 g/mol. The summed E-state index contributed by atoms with van der Waals surface area (Å²) in [6, 6.07) is 0. The van der Waals surface area contributed by atoms with E-state index in [0.29, 0.717) is 25.2 Å². The van der Waals surface area contributed by atoms with Crippen LogP contribution in [0.25, 0.3) is 0 Å². The lowest BCUT2D eigenvalue weighted by molar-refractivity contribution is -0.142. The van der Waals surface area contributed by atoms with Crippen LogP contribution in [0.5, 0.6) is 5.75 Å². The molecule has 0 spiro atoms. The van der Waals surface area contributed by atoms with E-state index in [1.54, 1.807) is 0 Å². The highest BCUT2D eigenvalue weighted by Crippen LogP contribution is 2.15. The van der Waals surface area contributed by atoms with Crippen LogP contribution >= 0.6 is 11.6 Å². The molecule has 1 aromatic heterocycles. The van der Waals surface area contributed by atoms with Crippen LogP contribution in [0.4, 0.5) is 0 Å².